The first kappa shape index (κ1) is 16.6. The Morgan fingerprint density at radius 1 is 0.960 bits per heavy atom. The number of anilines is 1. The van der Waals surface area contributed by atoms with Crippen LogP contribution in [0.25, 0.3) is 11.0 Å². The number of hydrogen-bond acceptors (Lipinski definition) is 4. The second-order valence-electron chi connectivity index (χ2n) is 6.51. The molecule has 2 aromatic carbocycles. The lowest BCUT2D eigenvalue weighted by molar-refractivity contribution is 0.260. The van der Waals surface area contributed by atoms with Crippen molar-refractivity contribution in [1.29, 1.82) is 0 Å². The molecule has 3 nitrogen and oxygen atoms in total. The van der Waals surface area contributed by atoms with E-state index in [0.717, 1.165) is 44.7 Å². The number of para-hydroxylation sites is 2. The third kappa shape index (κ3) is 3.55. The molecule has 1 fully saturated rings. The number of furan rings is 1. The van der Waals surface area contributed by atoms with Crippen LogP contribution in [0.1, 0.15) is 5.56 Å². The molecule has 1 aliphatic rings. The lowest BCUT2D eigenvalue weighted by Gasteiger charge is -2.36. The SMILES string of the molecule is CSc1ccccc1N1CCN(CCc2coc3ccccc23)CC1. The minimum Gasteiger partial charge on any atom is -0.464 e. The van der Waals surface area contributed by atoms with Crippen LogP contribution in [0.15, 0.2) is 64.1 Å². The van der Waals surface area contributed by atoms with E-state index in [-0.39, 0.29) is 0 Å². The van der Waals surface area contributed by atoms with E-state index in [2.05, 4.69) is 52.5 Å². The van der Waals surface area contributed by atoms with Gasteiger partial charge in [0.25, 0.3) is 0 Å². The maximum absolute atomic E-state index is 5.66. The highest BCUT2D eigenvalue weighted by Gasteiger charge is 2.19. The van der Waals surface area contributed by atoms with Gasteiger partial charge in [0.05, 0.1) is 12.0 Å². The molecule has 3 aromatic rings. The van der Waals surface area contributed by atoms with Crippen molar-refractivity contribution < 1.29 is 4.42 Å². The van der Waals surface area contributed by atoms with Crippen molar-refractivity contribution in [2.24, 2.45) is 0 Å². The molecule has 0 amide bonds. The van der Waals surface area contributed by atoms with Crippen LogP contribution in [-0.2, 0) is 6.42 Å². The molecular formula is C21H24N2OS. The van der Waals surface area contributed by atoms with Gasteiger partial charge < -0.3 is 9.32 Å². The van der Waals surface area contributed by atoms with E-state index in [9.17, 15) is 0 Å². The van der Waals surface area contributed by atoms with Gasteiger partial charge in [-0.3, -0.25) is 4.90 Å². The summed E-state index contributed by atoms with van der Waals surface area (Å²) in [5, 5.41) is 1.26. The minimum absolute atomic E-state index is 0.996. The fourth-order valence-corrected chi connectivity index (χ4v) is 4.23. The van der Waals surface area contributed by atoms with Crippen molar-refractivity contribution >= 4 is 28.4 Å². The van der Waals surface area contributed by atoms with Gasteiger partial charge >= 0.3 is 0 Å². The summed E-state index contributed by atoms with van der Waals surface area (Å²) in [6, 6.07) is 17.1. The summed E-state index contributed by atoms with van der Waals surface area (Å²) in [5.74, 6) is 0. The smallest absolute Gasteiger partial charge is 0.134 e. The predicted octanol–water partition coefficient (Wildman–Crippen LogP) is 4.52. The molecular weight excluding hydrogens is 328 g/mol. The van der Waals surface area contributed by atoms with E-state index >= 15 is 0 Å². The molecule has 2 heterocycles. The lowest BCUT2D eigenvalue weighted by atomic mass is 10.1. The molecule has 4 rings (SSSR count). The Morgan fingerprint density at radius 2 is 1.72 bits per heavy atom. The normalized spacial score (nSPS) is 15.8. The molecule has 0 saturated carbocycles. The van der Waals surface area contributed by atoms with Crippen LogP contribution in [0.4, 0.5) is 5.69 Å². The summed E-state index contributed by atoms with van der Waals surface area (Å²) in [4.78, 5) is 6.47. The Kier molecular flexibility index (Phi) is 4.99. The summed E-state index contributed by atoms with van der Waals surface area (Å²) in [7, 11) is 0. The van der Waals surface area contributed by atoms with Gasteiger partial charge in [-0.2, -0.15) is 0 Å². The highest BCUT2D eigenvalue weighted by molar-refractivity contribution is 7.98. The Bertz CT molecular complexity index is 837. The monoisotopic (exact) mass is 352 g/mol. The predicted molar refractivity (Wildman–Crippen MR) is 107 cm³/mol. The summed E-state index contributed by atoms with van der Waals surface area (Å²) in [6.07, 6.45) is 5.14. The second kappa shape index (κ2) is 7.54. The van der Waals surface area contributed by atoms with E-state index in [1.54, 1.807) is 0 Å². The summed E-state index contributed by atoms with van der Waals surface area (Å²) >= 11 is 1.83. The molecule has 1 aliphatic heterocycles. The van der Waals surface area contributed by atoms with Crippen LogP contribution < -0.4 is 4.90 Å². The van der Waals surface area contributed by atoms with E-state index < -0.39 is 0 Å². The third-order valence-electron chi connectivity index (χ3n) is 5.06. The first-order chi connectivity index (χ1) is 12.3. The van der Waals surface area contributed by atoms with Crippen LogP contribution >= 0.6 is 11.8 Å². The number of nitrogens with zero attached hydrogens (tertiary/aromatic N) is 2. The molecule has 1 saturated heterocycles. The fraction of sp³-hybridized carbons (Fsp3) is 0.333. The Morgan fingerprint density at radius 3 is 2.56 bits per heavy atom. The highest BCUT2D eigenvalue weighted by Crippen LogP contribution is 2.29. The zero-order chi connectivity index (χ0) is 17.1. The van der Waals surface area contributed by atoms with Gasteiger partial charge in [-0.15, -0.1) is 11.8 Å². The number of rotatable bonds is 5. The minimum atomic E-state index is 0.996. The summed E-state index contributed by atoms with van der Waals surface area (Å²) in [6.45, 7) is 5.55. The average Bonchev–Trinajstić information content (AvgIpc) is 3.10. The zero-order valence-electron chi connectivity index (χ0n) is 14.6. The largest absolute Gasteiger partial charge is 0.464 e. The van der Waals surface area contributed by atoms with Crippen molar-refractivity contribution in [2.75, 3.05) is 43.9 Å². The van der Waals surface area contributed by atoms with Crippen molar-refractivity contribution in [2.45, 2.75) is 11.3 Å². The van der Waals surface area contributed by atoms with Crippen molar-refractivity contribution in [3.8, 4) is 0 Å². The van der Waals surface area contributed by atoms with Crippen LogP contribution in [0.5, 0.6) is 0 Å². The topological polar surface area (TPSA) is 19.6 Å². The molecule has 0 N–H and O–H groups in total. The van der Waals surface area contributed by atoms with E-state index in [0.29, 0.717) is 0 Å². The van der Waals surface area contributed by atoms with Gasteiger partial charge in [0.1, 0.15) is 5.58 Å². The number of thioether (sulfide) groups is 1. The van der Waals surface area contributed by atoms with Gasteiger partial charge in [-0.25, -0.2) is 0 Å². The molecule has 0 bridgehead atoms. The van der Waals surface area contributed by atoms with Gasteiger partial charge in [0, 0.05) is 43.0 Å². The summed E-state index contributed by atoms with van der Waals surface area (Å²) < 4.78 is 5.66. The van der Waals surface area contributed by atoms with Crippen molar-refractivity contribution in [1.82, 2.24) is 4.90 Å². The maximum Gasteiger partial charge on any atom is 0.134 e. The van der Waals surface area contributed by atoms with Gasteiger partial charge in [-0.05, 0) is 36.4 Å². The molecule has 0 atom stereocenters. The molecule has 1 aromatic heterocycles. The number of benzene rings is 2. The van der Waals surface area contributed by atoms with Crippen LogP contribution in [0, 0.1) is 0 Å². The van der Waals surface area contributed by atoms with Gasteiger partial charge in [0.15, 0.2) is 0 Å². The maximum atomic E-state index is 5.66. The first-order valence-electron chi connectivity index (χ1n) is 8.90. The molecule has 4 heteroatoms. The molecule has 130 valence electrons. The fourth-order valence-electron chi connectivity index (χ4n) is 3.61. The van der Waals surface area contributed by atoms with Crippen LogP contribution in [0.3, 0.4) is 0 Å². The lowest BCUT2D eigenvalue weighted by Crippen LogP contribution is -2.47. The van der Waals surface area contributed by atoms with Crippen molar-refractivity contribution in [3.63, 3.8) is 0 Å². The quantitative estimate of drug-likeness (QED) is 0.629. The molecule has 0 unspecified atom stereocenters. The van der Waals surface area contributed by atoms with Crippen LogP contribution in [0.2, 0.25) is 0 Å². The van der Waals surface area contributed by atoms with E-state index in [1.165, 1.54) is 21.5 Å². The standard InChI is InChI=1S/C21H24N2OS/c1-25-21-9-5-3-7-19(21)23-14-12-22(13-15-23)11-10-17-16-24-20-8-4-2-6-18(17)20/h2-9,16H,10-15H2,1H3. The zero-order valence-corrected chi connectivity index (χ0v) is 15.5. The van der Waals surface area contributed by atoms with Crippen molar-refractivity contribution in [3.05, 3.63) is 60.4 Å². The second-order valence-corrected chi connectivity index (χ2v) is 7.36. The first-order valence-corrected chi connectivity index (χ1v) is 10.1. The Hall–Kier alpha value is -1.91. The average molecular weight is 353 g/mol. The number of piperazine rings is 1. The van der Waals surface area contributed by atoms with Gasteiger partial charge in [-0.1, -0.05) is 30.3 Å². The third-order valence-corrected chi connectivity index (χ3v) is 5.84. The van der Waals surface area contributed by atoms with Crippen LogP contribution in [-0.4, -0.2) is 43.9 Å². The molecule has 0 spiro atoms. The molecule has 0 radical (unpaired) electrons. The molecule has 0 aliphatic carbocycles. The Balaban J connectivity index is 1.35. The van der Waals surface area contributed by atoms with E-state index in [1.807, 2.05) is 30.2 Å². The summed E-state index contributed by atoms with van der Waals surface area (Å²) in [5.41, 5.74) is 3.71. The highest BCUT2D eigenvalue weighted by atomic mass is 32.2. The molecule has 25 heavy (non-hydrogen) atoms. The number of fused-ring (bicyclic) bond motifs is 1. The van der Waals surface area contributed by atoms with Gasteiger partial charge in [0.2, 0.25) is 0 Å². The Labute approximate surface area is 153 Å². The van der Waals surface area contributed by atoms with E-state index in [4.69, 9.17) is 4.42 Å². The number of hydrogen-bond donors (Lipinski definition) is 0.